The summed E-state index contributed by atoms with van der Waals surface area (Å²) in [4.78, 5) is 8.53. The molecule has 0 amide bonds. The molecule has 1 aromatic rings. The zero-order valence-corrected chi connectivity index (χ0v) is 7.90. The topological polar surface area (TPSA) is 51.8 Å². The molecule has 1 aliphatic carbocycles. The van der Waals surface area contributed by atoms with Gasteiger partial charge in [0.25, 0.3) is 0 Å². The van der Waals surface area contributed by atoms with E-state index >= 15 is 0 Å². The second kappa shape index (κ2) is 3.42. The van der Waals surface area contributed by atoms with Crippen molar-refractivity contribution in [3.8, 4) is 0 Å². The van der Waals surface area contributed by atoms with Gasteiger partial charge in [0.15, 0.2) is 0 Å². The van der Waals surface area contributed by atoms with Crippen LogP contribution in [0.3, 0.4) is 0 Å². The molecule has 0 aliphatic heterocycles. The van der Waals surface area contributed by atoms with E-state index in [-0.39, 0.29) is 6.04 Å². The molecule has 0 radical (unpaired) electrons. The van der Waals surface area contributed by atoms with Crippen molar-refractivity contribution in [2.24, 2.45) is 11.7 Å². The summed E-state index contributed by atoms with van der Waals surface area (Å²) in [5.41, 5.74) is 7.00. The highest BCUT2D eigenvalue weighted by Crippen LogP contribution is 2.32. The maximum atomic E-state index is 5.98. The van der Waals surface area contributed by atoms with E-state index in [1.165, 1.54) is 12.8 Å². The van der Waals surface area contributed by atoms with Crippen LogP contribution >= 0.6 is 0 Å². The Balaban J connectivity index is 2.00. The van der Waals surface area contributed by atoms with Gasteiger partial charge >= 0.3 is 0 Å². The van der Waals surface area contributed by atoms with Crippen LogP contribution in [-0.2, 0) is 6.42 Å². The van der Waals surface area contributed by atoms with Crippen LogP contribution in [0, 0.1) is 12.8 Å². The summed E-state index contributed by atoms with van der Waals surface area (Å²) in [6.45, 7) is 1.98. The van der Waals surface area contributed by atoms with E-state index in [0.29, 0.717) is 0 Å². The lowest BCUT2D eigenvalue weighted by atomic mass is 10.1. The van der Waals surface area contributed by atoms with Crippen molar-refractivity contribution >= 4 is 0 Å². The summed E-state index contributed by atoms with van der Waals surface area (Å²) in [6, 6.07) is 2.17. The minimum atomic E-state index is 0.266. The highest BCUT2D eigenvalue weighted by Gasteiger charge is 2.28. The summed E-state index contributed by atoms with van der Waals surface area (Å²) in [7, 11) is 0. The van der Waals surface area contributed by atoms with Crippen molar-refractivity contribution < 1.29 is 0 Å². The van der Waals surface area contributed by atoms with Crippen LogP contribution in [0.15, 0.2) is 12.3 Å². The minimum Gasteiger partial charge on any atom is -0.327 e. The SMILES string of the molecule is Cc1ccnc(CC(N)C2CC2)n1. The number of rotatable bonds is 3. The average Bonchev–Trinajstić information content (AvgIpc) is 2.85. The monoisotopic (exact) mass is 177 g/mol. The van der Waals surface area contributed by atoms with E-state index in [4.69, 9.17) is 5.73 Å². The Kier molecular flexibility index (Phi) is 2.27. The summed E-state index contributed by atoms with van der Waals surface area (Å²) in [5, 5.41) is 0. The maximum absolute atomic E-state index is 5.98. The molecule has 0 saturated heterocycles. The number of nitrogens with zero attached hydrogens (tertiary/aromatic N) is 2. The van der Waals surface area contributed by atoms with Crippen molar-refractivity contribution in [2.45, 2.75) is 32.2 Å². The lowest BCUT2D eigenvalue weighted by molar-refractivity contribution is 0.574. The first-order chi connectivity index (χ1) is 6.25. The van der Waals surface area contributed by atoms with Crippen LogP contribution in [0.1, 0.15) is 24.4 Å². The first-order valence-corrected chi connectivity index (χ1v) is 4.80. The van der Waals surface area contributed by atoms with E-state index in [1.54, 1.807) is 6.20 Å². The van der Waals surface area contributed by atoms with Crippen LogP contribution in [0.2, 0.25) is 0 Å². The molecule has 3 nitrogen and oxygen atoms in total. The molecule has 70 valence electrons. The molecule has 2 rings (SSSR count). The molecule has 0 bridgehead atoms. The van der Waals surface area contributed by atoms with Crippen LogP contribution < -0.4 is 5.73 Å². The predicted octanol–water partition coefficient (Wildman–Crippen LogP) is 1.06. The van der Waals surface area contributed by atoms with E-state index in [2.05, 4.69) is 9.97 Å². The van der Waals surface area contributed by atoms with Gasteiger partial charge in [-0.1, -0.05) is 0 Å². The first-order valence-electron chi connectivity index (χ1n) is 4.80. The van der Waals surface area contributed by atoms with E-state index in [9.17, 15) is 0 Å². The Hall–Kier alpha value is -0.960. The highest BCUT2D eigenvalue weighted by atomic mass is 14.9. The van der Waals surface area contributed by atoms with Gasteiger partial charge in [0.1, 0.15) is 5.82 Å². The van der Waals surface area contributed by atoms with Gasteiger partial charge in [-0.05, 0) is 31.7 Å². The van der Waals surface area contributed by atoms with Gasteiger partial charge in [-0.15, -0.1) is 0 Å². The second-order valence-electron chi connectivity index (χ2n) is 3.82. The predicted molar refractivity (Wildman–Crippen MR) is 51.2 cm³/mol. The molecule has 1 atom stereocenters. The number of hydrogen-bond donors (Lipinski definition) is 1. The largest absolute Gasteiger partial charge is 0.327 e. The highest BCUT2D eigenvalue weighted by molar-refractivity contribution is 5.02. The lowest BCUT2D eigenvalue weighted by Gasteiger charge is -2.08. The van der Waals surface area contributed by atoms with Gasteiger partial charge in [-0.25, -0.2) is 9.97 Å². The van der Waals surface area contributed by atoms with Crippen molar-refractivity contribution in [3.63, 3.8) is 0 Å². The molecule has 0 spiro atoms. The molecule has 1 aromatic heterocycles. The second-order valence-corrected chi connectivity index (χ2v) is 3.82. The Morgan fingerprint density at radius 2 is 2.38 bits per heavy atom. The fourth-order valence-corrected chi connectivity index (χ4v) is 1.50. The van der Waals surface area contributed by atoms with Crippen molar-refractivity contribution in [1.82, 2.24) is 9.97 Å². The van der Waals surface area contributed by atoms with Gasteiger partial charge in [0.2, 0.25) is 0 Å². The summed E-state index contributed by atoms with van der Waals surface area (Å²) < 4.78 is 0. The van der Waals surface area contributed by atoms with Crippen molar-refractivity contribution in [1.29, 1.82) is 0 Å². The zero-order valence-electron chi connectivity index (χ0n) is 7.90. The van der Waals surface area contributed by atoms with Gasteiger partial charge in [0.05, 0.1) is 0 Å². The summed E-state index contributed by atoms with van der Waals surface area (Å²) >= 11 is 0. The number of nitrogens with two attached hydrogens (primary N) is 1. The van der Waals surface area contributed by atoms with Crippen molar-refractivity contribution in [3.05, 3.63) is 23.8 Å². The minimum absolute atomic E-state index is 0.266. The summed E-state index contributed by atoms with van der Waals surface area (Å²) in [6.07, 6.45) is 5.20. The molecule has 0 aromatic carbocycles. The molecule has 13 heavy (non-hydrogen) atoms. The fourth-order valence-electron chi connectivity index (χ4n) is 1.50. The Morgan fingerprint density at radius 3 is 3.00 bits per heavy atom. The average molecular weight is 177 g/mol. The molecule has 2 N–H and O–H groups in total. The standard InChI is InChI=1S/C10H15N3/c1-7-4-5-12-10(13-7)6-9(11)8-2-3-8/h4-5,8-9H,2-3,6,11H2,1H3. The van der Waals surface area contributed by atoms with Crippen LogP contribution in [0.25, 0.3) is 0 Å². The molecule has 1 unspecified atom stereocenters. The molecule has 1 fully saturated rings. The zero-order chi connectivity index (χ0) is 9.26. The molecular weight excluding hydrogens is 162 g/mol. The third kappa shape index (κ3) is 2.25. The molecule has 3 heteroatoms. The number of aryl methyl sites for hydroxylation is 1. The van der Waals surface area contributed by atoms with E-state index in [1.807, 2.05) is 13.0 Å². The number of aromatic nitrogens is 2. The van der Waals surface area contributed by atoms with Crippen LogP contribution in [0.4, 0.5) is 0 Å². The van der Waals surface area contributed by atoms with E-state index in [0.717, 1.165) is 23.9 Å². The van der Waals surface area contributed by atoms with Gasteiger partial charge < -0.3 is 5.73 Å². The van der Waals surface area contributed by atoms with Gasteiger partial charge in [-0.2, -0.15) is 0 Å². The lowest BCUT2D eigenvalue weighted by Crippen LogP contribution is -2.26. The van der Waals surface area contributed by atoms with Gasteiger partial charge in [0, 0.05) is 24.4 Å². The number of hydrogen-bond acceptors (Lipinski definition) is 3. The van der Waals surface area contributed by atoms with E-state index < -0.39 is 0 Å². The Bertz CT molecular complexity index is 294. The summed E-state index contributed by atoms with van der Waals surface area (Å²) in [5.74, 6) is 1.61. The Morgan fingerprint density at radius 1 is 1.62 bits per heavy atom. The quantitative estimate of drug-likeness (QED) is 0.751. The molecule has 1 heterocycles. The molecule has 1 saturated carbocycles. The van der Waals surface area contributed by atoms with Crippen molar-refractivity contribution in [2.75, 3.05) is 0 Å². The third-order valence-corrected chi connectivity index (χ3v) is 2.49. The van der Waals surface area contributed by atoms with Crippen LogP contribution in [0.5, 0.6) is 0 Å². The maximum Gasteiger partial charge on any atom is 0.130 e. The molecular formula is C10H15N3. The normalized spacial score (nSPS) is 18.6. The smallest absolute Gasteiger partial charge is 0.130 e. The third-order valence-electron chi connectivity index (χ3n) is 2.49. The van der Waals surface area contributed by atoms with Gasteiger partial charge in [-0.3, -0.25) is 0 Å². The fraction of sp³-hybridized carbons (Fsp3) is 0.600. The molecule has 1 aliphatic rings. The van der Waals surface area contributed by atoms with Crippen LogP contribution in [-0.4, -0.2) is 16.0 Å². The first kappa shape index (κ1) is 8.63. The Labute approximate surface area is 78.4 Å².